The van der Waals surface area contributed by atoms with Gasteiger partial charge in [-0.3, -0.25) is 10.1 Å². The Morgan fingerprint density at radius 3 is 2.95 bits per heavy atom. The zero-order chi connectivity index (χ0) is 15.0. The minimum Gasteiger partial charge on any atom is -0.397 e. The highest BCUT2D eigenvalue weighted by molar-refractivity contribution is 7.15. The third-order valence-corrected chi connectivity index (χ3v) is 4.17. The van der Waals surface area contributed by atoms with Crippen molar-refractivity contribution in [3.63, 3.8) is 0 Å². The highest BCUT2D eigenvalue weighted by Crippen LogP contribution is 2.37. The number of nitrogens with zero attached hydrogens (tertiary/aromatic N) is 3. The summed E-state index contributed by atoms with van der Waals surface area (Å²) >= 11 is 1.43. The summed E-state index contributed by atoms with van der Waals surface area (Å²) in [7, 11) is 0. The fourth-order valence-electron chi connectivity index (χ4n) is 2.23. The van der Waals surface area contributed by atoms with E-state index in [-0.39, 0.29) is 5.91 Å². The summed E-state index contributed by atoms with van der Waals surface area (Å²) in [4.78, 5) is 12.4. The van der Waals surface area contributed by atoms with Crippen molar-refractivity contribution in [2.24, 2.45) is 5.92 Å². The zero-order valence-electron chi connectivity index (χ0n) is 12.2. The molecule has 1 aliphatic rings. The second-order valence-electron chi connectivity index (χ2n) is 5.85. The van der Waals surface area contributed by atoms with Crippen molar-refractivity contribution in [3.8, 4) is 0 Å². The van der Waals surface area contributed by atoms with Gasteiger partial charge in [0.2, 0.25) is 5.13 Å². The number of amides is 1. The molecule has 1 aliphatic carbocycles. The van der Waals surface area contributed by atoms with Crippen LogP contribution in [0, 0.1) is 5.92 Å². The van der Waals surface area contributed by atoms with Gasteiger partial charge in [0.25, 0.3) is 5.91 Å². The van der Waals surface area contributed by atoms with Crippen molar-refractivity contribution in [2.75, 3.05) is 11.1 Å². The summed E-state index contributed by atoms with van der Waals surface area (Å²) in [5, 5.41) is 12.4. The van der Waals surface area contributed by atoms with Gasteiger partial charge in [0.1, 0.15) is 10.7 Å². The van der Waals surface area contributed by atoms with E-state index in [1.165, 1.54) is 11.3 Å². The SMILES string of the molecule is CC(C)Cc1nnc(NC(=O)c2cc(N)cn2C2CC2)s1. The molecule has 0 aromatic carbocycles. The Kier molecular flexibility index (Phi) is 3.67. The molecule has 112 valence electrons. The first-order valence-corrected chi connectivity index (χ1v) is 7.95. The molecule has 21 heavy (non-hydrogen) atoms. The van der Waals surface area contributed by atoms with Crippen LogP contribution in [0.2, 0.25) is 0 Å². The Labute approximate surface area is 127 Å². The molecule has 0 radical (unpaired) electrons. The van der Waals surface area contributed by atoms with Gasteiger partial charge in [-0.15, -0.1) is 10.2 Å². The monoisotopic (exact) mass is 305 g/mol. The maximum atomic E-state index is 12.4. The minimum atomic E-state index is -0.175. The smallest absolute Gasteiger partial charge is 0.274 e. The van der Waals surface area contributed by atoms with E-state index in [0.29, 0.717) is 28.5 Å². The van der Waals surface area contributed by atoms with Gasteiger partial charge in [0.15, 0.2) is 0 Å². The number of aromatic nitrogens is 3. The van der Waals surface area contributed by atoms with E-state index in [4.69, 9.17) is 5.73 Å². The maximum Gasteiger partial charge on any atom is 0.274 e. The van der Waals surface area contributed by atoms with Crippen LogP contribution in [-0.4, -0.2) is 20.7 Å². The highest BCUT2D eigenvalue weighted by Gasteiger charge is 2.28. The molecule has 2 aromatic rings. The van der Waals surface area contributed by atoms with E-state index in [1.54, 1.807) is 6.07 Å². The molecule has 0 atom stereocenters. The average Bonchev–Trinajstić information content (AvgIpc) is 3.05. The minimum absolute atomic E-state index is 0.175. The molecule has 6 nitrogen and oxygen atoms in total. The lowest BCUT2D eigenvalue weighted by molar-refractivity contribution is 0.101. The largest absolute Gasteiger partial charge is 0.397 e. The Balaban J connectivity index is 1.72. The van der Waals surface area contributed by atoms with Crippen LogP contribution in [0.4, 0.5) is 10.8 Å². The Hall–Kier alpha value is -1.89. The molecule has 1 saturated carbocycles. The van der Waals surface area contributed by atoms with Gasteiger partial charge in [-0.2, -0.15) is 0 Å². The first-order valence-electron chi connectivity index (χ1n) is 7.14. The summed E-state index contributed by atoms with van der Waals surface area (Å²) in [6.45, 7) is 4.26. The second-order valence-corrected chi connectivity index (χ2v) is 6.91. The van der Waals surface area contributed by atoms with E-state index in [1.807, 2.05) is 10.8 Å². The number of hydrogen-bond donors (Lipinski definition) is 2. The Morgan fingerprint density at radius 1 is 1.52 bits per heavy atom. The topological polar surface area (TPSA) is 85.8 Å². The quantitative estimate of drug-likeness (QED) is 0.889. The number of rotatable bonds is 5. The number of nitrogens with one attached hydrogen (secondary N) is 1. The second kappa shape index (κ2) is 5.48. The van der Waals surface area contributed by atoms with Crippen LogP contribution in [0.3, 0.4) is 0 Å². The fourth-order valence-corrected chi connectivity index (χ4v) is 3.18. The molecule has 0 bridgehead atoms. The van der Waals surface area contributed by atoms with Gasteiger partial charge < -0.3 is 10.3 Å². The molecular formula is C14H19N5OS. The molecule has 7 heteroatoms. The molecule has 3 rings (SSSR count). The predicted molar refractivity (Wildman–Crippen MR) is 83.5 cm³/mol. The van der Waals surface area contributed by atoms with Crippen molar-refractivity contribution in [1.82, 2.24) is 14.8 Å². The van der Waals surface area contributed by atoms with Crippen molar-refractivity contribution >= 4 is 28.1 Å². The van der Waals surface area contributed by atoms with Gasteiger partial charge in [0, 0.05) is 18.7 Å². The first-order chi connectivity index (χ1) is 10.0. The van der Waals surface area contributed by atoms with Gasteiger partial charge in [-0.05, 0) is 24.8 Å². The highest BCUT2D eigenvalue weighted by atomic mass is 32.1. The van der Waals surface area contributed by atoms with E-state index in [2.05, 4.69) is 29.4 Å². The molecular weight excluding hydrogens is 286 g/mol. The maximum absolute atomic E-state index is 12.4. The standard InChI is InChI=1S/C14H19N5OS/c1-8(2)5-12-17-18-14(21-12)16-13(20)11-6-9(15)7-19(11)10-3-4-10/h6-8,10H,3-5,15H2,1-2H3,(H,16,18,20). The third kappa shape index (κ3) is 3.24. The van der Waals surface area contributed by atoms with E-state index in [0.717, 1.165) is 24.3 Å². The molecule has 1 amide bonds. The molecule has 2 heterocycles. The van der Waals surface area contributed by atoms with Gasteiger partial charge in [-0.25, -0.2) is 0 Å². The zero-order valence-corrected chi connectivity index (χ0v) is 13.0. The summed E-state index contributed by atoms with van der Waals surface area (Å²) in [5.74, 6) is 0.347. The van der Waals surface area contributed by atoms with E-state index < -0.39 is 0 Å². The van der Waals surface area contributed by atoms with Crippen molar-refractivity contribution in [1.29, 1.82) is 0 Å². The van der Waals surface area contributed by atoms with Crippen LogP contribution < -0.4 is 11.1 Å². The van der Waals surface area contributed by atoms with Crippen molar-refractivity contribution < 1.29 is 4.79 Å². The van der Waals surface area contributed by atoms with Crippen molar-refractivity contribution in [2.45, 2.75) is 39.2 Å². The molecule has 0 saturated heterocycles. The van der Waals surface area contributed by atoms with Crippen LogP contribution in [0.25, 0.3) is 0 Å². The molecule has 0 aliphatic heterocycles. The van der Waals surface area contributed by atoms with E-state index in [9.17, 15) is 4.79 Å². The summed E-state index contributed by atoms with van der Waals surface area (Å²) < 4.78 is 1.96. The third-order valence-electron chi connectivity index (χ3n) is 3.31. The average molecular weight is 305 g/mol. The summed E-state index contributed by atoms with van der Waals surface area (Å²) in [6.07, 6.45) is 4.91. The molecule has 2 aromatic heterocycles. The lowest BCUT2D eigenvalue weighted by Gasteiger charge is -2.06. The number of anilines is 2. The molecule has 1 fully saturated rings. The predicted octanol–water partition coefficient (Wildman–Crippen LogP) is 2.71. The van der Waals surface area contributed by atoms with Crippen LogP contribution >= 0.6 is 11.3 Å². The summed E-state index contributed by atoms with van der Waals surface area (Å²) in [5.41, 5.74) is 7.02. The number of carbonyl (C=O) groups excluding carboxylic acids is 1. The van der Waals surface area contributed by atoms with E-state index >= 15 is 0 Å². The number of hydrogen-bond acceptors (Lipinski definition) is 5. The van der Waals surface area contributed by atoms with Gasteiger partial charge in [-0.1, -0.05) is 25.2 Å². The first kappa shape index (κ1) is 14.1. The molecule has 0 spiro atoms. The van der Waals surface area contributed by atoms with Crippen LogP contribution in [0.1, 0.15) is 48.2 Å². The number of carbonyl (C=O) groups is 1. The number of nitrogens with two attached hydrogens (primary N) is 1. The molecule has 0 unspecified atom stereocenters. The molecule has 3 N–H and O–H groups in total. The van der Waals surface area contributed by atoms with Crippen LogP contribution in [0.5, 0.6) is 0 Å². The lowest BCUT2D eigenvalue weighted by atomic mass is 10.1. The Morgan fingerprint density at radius 2 is 2.29 bits per heavy atom. The Bertz CT molecular complexity index is 656. The summed E-state index contributed by atoms with van der Waals surface area (Å²) in [6, 6.07) is 2.12. The number of nitrogen functional groups attached to an aromatic ring is 1. The fraction of sp³-hybridized carbons (Fsp3) is 0.500. The van der Waals surface area contributed by atoms with Crippen LogP contribution in [0.15, 0.2) is 12.3 Å². The van der Waals surface area contributed by atoms with Crippen molar-refractivity contribution in [3.05, 3.63) is 23.0 Å². The van der Waals surface area contributed by atoms with Gasteiger partial charge >= 0.3 is 0 Å². The van der Waals surface area contributed by atoms with Crippen LogP contribution in [-0.2, 0) is 6.42 Å². The van der Waals surface area contributed by atoms with Gasteiger partial charge in [0.05, 0.1) is 5.69 Å². The lowest BCUT2D eigenvalue weighted by Crippen LogP contribution is -2.16. The normalized spacial score (nSPS) is 14.6.